The number of carboxylic acid groups (broad SMARTS) is 1. The van der Waals surface area contributed by atoms with Gasteiger partial charge in [0.1, 0.15) is 17.0 Å². The normalized spacial score (nSPS) is 18.3. The molecule has 216 valence electrons. The third-order valence-corrected chi connectivity index (χ3v) is 8.90. The Bertz CT molecular complexity index is 1620. The number of thiazole rings is 1. The number of alkyl halides is 3. The van der Waals surface area contributed by atoms with Gasteiger partial charge in [0, 0.05) is 49.3 Å². The fourth-order valence-electron chi connectivity index (χ4n) is 5.18. The number of aromatic carboxylic acids is 1. The number of ether oxygens (including phenoxy) is 1. The number of benzene rings is 2. The molecular weight excluding hydrogens is 604 g/mol. The number of aromatic nitrogens is 2. The summed E-state index contributed by atoms with van der Waals surface area (Å²) in [6.45, 7) is 4.39. The summed E-state index contributed by atoms with van der Waals surface area (Å²) in [5.74, 6) is -0.818. The third kappa shape index (κ3) is 5.70. The molecule has 6 rings (SSSR count). The van der Waals surface area contributed by atoms with E-state index in [2.05, 4.69) is 19.8 Å². The molecule has 2 fully saturated rings. The SMILES string of the molecule is C[C@@H]1CN(Cc2c(-c3c(Cl)cccc3Cl)noc2C2CC2)CCN1c1nc2c(OC(F)(F)F)cc(C(=O)O)cc2s1. The van der Waals surface area contributed by atoms with E-state index >= 15 is 0 Å². The summed E-state index contributed by atoms with van der Waals surface area (Å²) in [6.07, 6.45) is -2.92. The first-order chi connectivity index (χ1) is 19.5. The summed E-state index contributed by atoms with van der Waals surface area (Å²) in [6, 6.07) is 7.42. The average Bonchev–Trinajstić information content (AvgIpc) is 3.51. The van der Waals surface area contributed by atoms with Gasteiger partial charge in [-0.3, -0.25) is 4.90 Å². The largest absolute Gasteiger partial charge is 0.573 e. The van der Waals surface area contributed by atoms with E-state index in [1.54, 1.807) is 18.2 Å². The molecule has 14 heteroatoms. The molecule has 1 atom stereocenters. The van der Waals surface area contributed by atoms with Crippen molar-refractivity contribution in [3.05, 3.63) is 57.3 Å². The van der Waals surface area contributed by atoms with E-state index in [1.807, 2.05) is 11.8 Å². The molecule has 2 aromatic heterocycles. The molecular formula is C27H23Cl2F3N4O4S. The number of fused-ring (bicyclic) bond motifs is 1. The predicted molar refractivity (Wildman–Crippen MR) is 149 cm³/mol. The lowest BCUT2D eigenvalue weighted by molar-refractivity contribution is -0.274. The molecule has 3 heterocycles. The van der Waals surface area contributed by atoms with Crippen molar-refractivity contribution in [2.45, 2.75) is 44.6 Å². The molecule has 0 spiro atoms. The molecule has 0 amide bonds. The van der Waals surface area contributed by atoms with E-state index in [0.717, 1.165) is 41.6 Å². The van der Waals surface area contributed by atoms with Crippen LogP contribution in [0, 0.1) is 0 Å². The van der Waals surface area contributed by atoms with Gasteiger partial charge in [0.25, 0.3) is 0 Å². The quantitative estimate of drug-likeness (QED) is 0.226. The number of carboxylic acids is 1. The van der Waals surface area contributed by atoms with Gasteiger partial charge < -0.3 is 19.3 Å². The molecule has 1 saturated carbocycles. The maximum Gasteiger partial charge on any atom is 0.573 e. The van der Waals surface area contributed by atoms with Crippen LogP contribution < -0.4 is 9.64 Å². The fraction of sp³-hybridized carbons (Fsp3) is 0.370. The van der Waals surface area contributed by atoms with Gasteiger partial charge in [0.15, 0.2) is 10.9 Å². The molecule has 2 aromatic carbocycles. The zero-order valence-corrected chi connectivity index (χ0v) is 23.9. The predicted octanol–water partition coefficient (Wildman–Crippen LogP) is 7.44. The molecule has 1 aliphatic carbocycles. The molecule has 4 aromatic rings. The highest BCUT2D eigenvalue weighted by Crippen LogP contribution is 2.46. The second kappa shape index (κ2) is 10.6. The topological polar surface area (TPSA) is 91.9 Å². The summed E-state index contributed by atoms with van der Waals surface area (Å²) in [5.41, 5.74) is 1.90. The molecule has 1 saturated heterocycles. The highest BCUT2D eigenvalue weighted by molar-refractivity contribution is 7.22. The minimum Gasteiger partial charge on any atom is -0.478 e. The van der Waals surface area contributed by atoms with Crippen molar-refractivity contribution in [3.63, 3.8) is 0 Å². The average molecular weight is 627 g/mol. The highest BCUT2D eigenvalue weighted by atomic mass is 35.5. The molecule has 0 unspecified atom stereocenters. The van der Waals surface area contributed by atoms with Crippen LogP contribution in [0.25, 0.3) is 21.5 Å². The van der Waals surface area contributed by atoms with Crippen LogP contribution in [-0.2, 0) is 6.54 Å². The van der Waals surface area contributed by atoms with Crippen LogP contribution in [0.1, 0.15) is 47.4 Å². The number of rotatable bonds is 7. The molecule has 0 bridgehead atoms. The molecule has 2 aliphatic rings. The molecule has 0 radical (unpaired) electrons. The second-order valence-corrected chi connectivity index (χ2v) is 12.0. The Balaban J connectivity index is 1.25. The number of nitrogens with zero attached hydrogens (tertiary/aromatic N) is 4. The Morgan fingerprint density at radius 1 is 1.22 bits per heavy atom. The van der Waals surface area contributed by atoms with Gasteiger partial charge in [0.2, 0.25) is 0 Å². The van der Waals surface area contributed by atoms with Gasteiger partial charge in [-0.2, -0.15) is 0 Å². The molecule has 8 nitrogen and oxygen atoms in total. The summed E-state index contributed by atoms with van der Waals surface area (Å²) < 4.78 is 49.4. The van der Waals surface area contributed by atoms with E-state index < -0.39 is 18.1 Å². The van der Waals surface area contributed by atoms with E-state index in [-0.39, 0.29) is 17.1 Å². The first-order valence-electron chi connectivity index (χ1n) is 12.8. The molecule has 1 N–H and O–H groups in total. The van der Waals surface area contributed by atoms with E-state index in [4.69, 9.17) is 27.7 Å². The Hall–Kier alpha value is -3.06. The zero-order valence-electron chi connectivity index (χ0n) is 21.5. The van der Waals surface area contributed by atoms with Crippen molar-refractivity contribution in [1.29, 1.82) is 0 Å². The second-order valence-electron chi connectivity index (χ2n) is 10.2. The van der Waals surface area contributed by atoms with Gasteiger partial charge in [-0.1, -0.05) is 45.8 Å². The van der Waals surface area contributed by atoms with Gasteiger partial charge in [-0.15, -0.1) is 13.2 Å². The molecule has 41 heavy (non-hydrogen) atoms. The maximum absolute atomic E-state index is 13.1. The van der Waals surface area contributed by atoms with Crippen molar-refractivity contribution in [3.8, 4) is 17.0 Å². The Morgan fingerprint density at radius 3 is 2.59 bits per heavy atom. The summed E-state index contributed by atoms with van der Waals surface area (Å²) in [7, 11) is 0. The van der Waals surface area contributed by atoms with E-state index in [9.17, 15) is 23.1 Å². The maximum atomic E-state index is 13.1. The smallest absolute Gasteiger partial charge is 0.478 e. The summed E-state index contributed by atoms with van der Waals surface area (Å²) in [5, 5.41) is 15.2. The Kier molecular flexibility index (Phi) is 7.29. The number of halogens is 5. The van der Waals surface area contributed by atoms with Gasteiger partial charge in [-0.25, -0.2) is 9.78 Å². The van der Waals surface area contributed by atoms with Crippen molar-refractivity contribution in [2.24, 2.45) is 0 Å². The fourth-order valence-corrected chi connectivity index (χ4v) is 6.91. The van der Waals surface area contributed by atoms with E-state index in [1.165, 1.54) is 6.07 Å². The summed E-state index contributed by atoms with van der Waals surface area (Å²) in [4.78, 5) is 20.2. The highest BCUT2D eigenvalue weighted by Gasteiger charge is 2.36. The van der Waals surface area contributed by atoms with E-state index in [0.29, 0.717) is 63.2 Å². The number of anilines is 1. The third-order valence-electron chi connectivity index (χ3n) is 7.23. The number of carbonyl (C=O) groups is 1. The lowest BCUT2D eigenvalue weighted by Gasteiger charge is -2.39. The van der Waals surface area contributed by atoms with Crippen molar-refractivity contribution >= 4 is 55.9 Å². The minimum atomic E-state index is -4.99. The van der Waals surface area contributed by atoms with Crippen LogP contribution in [0.5, 0.6) is 5.75 Å². The van der Waals surface area contributed by atoms with Crippen molar-refractivity contribution < 1.29 is 32.3 Å². The van der Waals surface area contributed by atoms with Crippen LogP contribution in [0.4, 0.5) is 18.3 Å². The number of piperazine rings is 1. The summed E-state index contributed by atoms with van der Waals surface area (Å²) >= 11 is 14.1. The Morgan fingerprint density at radius 2 is 1.95 bits per heavy atom. The number of hydrogen-bond acceptors (Lipinski definition) is 8. The van der Waals surface area contributed by atoms with Gasteiger partial charge in [0.05, 0.1) is 20.3 Å². The van der Waals surface area contributed by atoms with Crippen molar-refractivity contribution in [2.75, 3.05) is 24.5 Å². The first-order valence-corrected chi connectivity index (χ1v) is 14.4. The first kappa shape index (κ1) is 28.1. The standard InChI is InChI=1S/C27H23Cl2F3N4O4S/c1-13-11-35(12-16-22(34-40-24(16)14-5-6-14)21-17(28)3-2-4-18(21)29)7-8-36(13)26-33-23-19(39-27(30,31)32)9-15(25(37)38)10-20(23)41-26/h2-4,9-10,13-14H,5-8,11-12H2,1H3,(H,37,38)/t13-/m1/s1. The van der Waals surface area contributed by atoms with Gasteiger partial charge in [-0.05, 0) is 44.0 Å². The van der Waals surface area contributed by atoms with Crippen LogP contribution in [0.2, 0.25) is 10.0 Å². The molecule has 1 aliphatic heterocycles. The van der Waals surface area contributed by atoms with Crippen molar-refractivity contribution in [1.82, 2.24) is 15.0 Å². The van der Waals surface area contributed by atoms with Crippen LogP contribution in [-0.4, -0.2) is 58.2 Å². The van der Waals surface area contributed by atoms with Crippen LogP contribution >= 0.6 is 34.5 Å². The lowest BCUT2D eigenvalue weighted by Crippen LogP contribution is -2.51. The van der Waals surface area contributed by atoms with Gasteiger partial charge >= 0.3 is 12.3 Å². The van der Waals surface area contributed by atoms with Crippen LogP contribution in [0.3, 0.4) is 0 Å². The Labute approximate surface area is 246 Å². The lowest BCUT2D eigenvalue weighted by atomic mass is 10.0. The minimum absolute atomic E-state index is 0.0261. The number of hydrogen-bond donors (Lipinski definition) is 1. The zero-order chi connectivity index (χ0) is 29.1. The monoisotopic (exact) mass is 626 g/mol. The van der Waals surface area contributed by atoms with Crippen LogP contribution in [0.15, 0.2) is 34.9 Å².